The molecular formula is C26H20N4O2S. The van der Waals surface area contributed by atoms with Gasteiger partial charge in [-0.3, -0.25) is 9.78 Å². The van der Waals surface area contributed by atoms with Gasteiger partial charge in [0.15, 0.2) is 0 Å². The SMILES string of the molecule is O=C(Nc1cccc(OCc2ccccn2)c1)c1cn(-c2ccccc2)nc1-c1cccs1. The average Bonchev–Trinajstić information content (AvgIpc) is 3.55. The van der Waals surface area contributed by atoms with Crippen LogP contribution in [0, 0.1) is 0 Å². The molecule has 5 rings (SSSR count). The summed E-state index contributed by atoms with van der Waals surface area (Å²) in [4.78, 5) is 18.5. The molecule has 0 radical (unpaired) electrons. The van der Waals surface area contributed by atoms with Crippen LogP contribution in [0.5, 0.6) is 5.75 Å². The number of para-hydroxylation sites is 1. The van der Waals surface area contributed by atoms with Gasteiger partial charge < -0.3 is 10.1 Å². The molecule has 0 unspecified atom stereocenters. The molecule has 3 aromatic heterocycles. The molecule has 33 heavy (non-hydrogen) atoms. The number of pyridine rings is 1. The Hall–Kier alpha value is -4.23. The van der Waals surface area contributed by atoms with E-state index in [1.807, 2.05) is 84.2 Å². The zero-order chi connectivity index (χ0) is 22.5. The first-order valence-corrected chi connectivity index (χ1v) is 11.3. The number of amides is 1. The van der Waals surface area contributed by atoms with E-state index in [0.29, 0.717) is 29.3 Å². The fourth-order valence-corrected chi connectivity index (χ4v) is 4.07. The van der Waals surface area contributed by atoms with Crippen molar-refractivity contribution in [2.24, 2.45) is 0 Å². The largest absolute Gasteiger partial charge is 0.487 e. The number of carbonyl (C=O) groups is 1. The molecule has 0 aliphatic heterocycles. The van der Waals surface area contributed by atoms with Gasteiger partial charge in [-0.1, -0.05) is 36.4 Å². The predicted molar refractivity (Wildman–Crippen MR) is 130 cm³/mol. The first-order valence-electron chi connectivity index (χ1n) is 10.4. The molecule has 5 aromatic rings. The van der Waals surface area contributed by atoms with Crippen molar-refractivity contribution < 1.29 is 9.53 Å². The van der Waals surface area contributed by atoms with E-state index in [2.05, 4.69) is 10.3 Å². The predicted octanol–water partition coefficient (Wildman–Crippen LogP) is 5.83. The van der Waals surface area contributed by atoms with Gasteiger partial charge in [0.05, 0.1) is 21.8 Å². The van der Waals surface area contributed by atoms with Gasteiger partial charge in [-0.2, -0.15) is 5.10 Å². The molecule has 0 saturated heterocycles. The number of rotatable bonds is 7. The third-order valence-electron chi connectivity index (χ3n) is 4.94. The molecule has 0 aliphatic rings. The monoisotopic (exact) mass is 452 g/mol. The molecule has 1 N–H and O–H groups in total. The number of nitrogens with one attached hydrogen (secondary N) is 1. The maximum Gasteiger partial charge on any atom is 0.259 e. The third-order valence-corrected chi connectivity index (χ3v) is 5.82. The number of nitrogens with zero attached hydrogens (tertiary/aromatic N) is 3. The Bertz CT molecular complexity index is 1350. The summed E-state index contributed by atoms with van der Waals surface area (Å²) in [6.07, 6.45) is 3.50. The van der Waals surface area contributed by atoms with Crippen LogP contribution in [0.1, 0.15) is 16.1 Å². The van der Waals surface area contributed by atoms with Crippen LogP contribution in [0.2, 0.25) is 0 Å². The van der Waals surface area contributed by atoms with Gasteiger partial charge in [-0.15, -0.1) is 11.3 Å². The van der Waals surface area contributed by atoms with E-state index in [4.69, 9.17) is 9.84 Å². The third kappa shape index (κ3) is 4.83. The number of thiophene rings is 1. The Morgan fingerprint density at radius 1 is 0.970 bits per heavy atom. The highest BCUT2D eigenvalue weighted by Crippen LogP contribution is 2.29. The van der Waals surface area contributed by atoms with Crippen molar-refractivity contribution in [2.75, 3.05) is 5.32 Å². The summed E-state index contributed by atoms with van der Waals surface area (Å²) >= 11 is 1.55. The number of hydrogen-bond donors (Lipinski definition) is 1. The van der Waals surface area contributed by atoms with Gasteiger partial charge in [0, 0.05) is 24.1 Å². The molecule has 162 valence electrons. The standard InChI is InChI=1S/C26H20N4O2S/c31-26(28-19-9-6-12-22(16-19)32-18-20-8-4-5-14-27-20)23-17-30(21-10-2-1-3-11-21)29-25(23)24-13-7-15-33-24/h1-17H,18H2,(H,28,31). The second-order valence-electron chi connectivity index (χ2n) is 7.24. The zero-order valence-corrected chi connectivity index (χ0v) is 18.4. The smallest absolute Gasteiger partial charge is 0.259 e. The summed E-state index contributed by atoms with van der Waals surface area (Å²) in [5, 5.41) is 9.65. The molecular weight excluding hydrogens is 432 g/mol. The molecule has 6 nitrogen and oxygen atoms in total. The topological polar surface area (TPSA) is 69.0 Å². The summed E-state index contributed by atoms with van der Waals surface area (Å²) in [5.41, 5.74) is 3.51. The number of hydrogen-bond acceptors (Lipinski definition) is 5. The molecule has 0 atom stereocenters. The van der Waals surface area contributed by atoms with Crippen LogP contribution in [0.25, 0.3) is 16.3 Å². The highest BCUT2D eigenvalue weighted by molar-refractivity contribution is 7.13. The number of ether oxygens (including phenoxy) is 1. The van der Waals surface area contributed by atoms with E-state index in [-0.39, 0.29) is 5.91 Å². The summed E-state index contributed by atoms with van der Waals surface area (Å²) < 4.78 is 7.57. The van der Waals surface area contributed by atoms with Crippen molar-refractivity contribution in [1.29, 1.82) is 0 Å². The fourth-order valence-electron chi connectivity index (χ4n) is 3.35. The van der Waals surface area contributed by atoms with Crippen molar-refractivity contribution in [2.45, 2.75) is 6.61 Å². The Morgan fingerprint density at radius 2 is 1.85 bits per heavy atom. The van der Waals surface area contributed by atoms with Crippen LogP contribution < -0.4 is 10.1 Å². The summed E-state index contributed by atoms with van der Waals surface area (Å²) in [5.74, 6) is 0.416. The van der Waals surface area contributed by atoms with Crippen molar-refractivity contribution in [3.8, 4) is 22.0 Å². The lowest BCUT2D eigenvalue weighted by Gasteiger charge is -2.09. The van der Waals surface area contributed by atoms with Gasteiger partial charge in [0.2, 0.25) is 0 Å². The highest BCUT2D eigenvalue weighted by Gasteiger charge is 2.19. The van der Waals surface area contributed by atoms with E-state index >= 15 is 0 Å². The van der Waals surface area contributed by atoms with E-state index in [0.717, 1.165) is 16.3 Å². The first kappa shape index (κ1) is 20.7. The van der Waals surface area contributed by atoms with E-state index in [1.54, 1.807) is 34.5 Å². The second-order valence-corrected chi connectivity index (χ2v) is 8.19. The van der Waals surface area contributed by atoms with Gasteiger partial charge in [0.25, 0.3) is 5.91 Å². The van der Waals surface area contributed by atoms with Gasteiger partial charge in [0.1, 0.15) is 18.1 Å². The summed E-state index contributed by atoms with van der Waals surface area (Å²) in [6.45, 7) is 0.352. The molecule has 1 amide bonds. The van der Waals surface area contributed by atoms with Crippen LogP contribution in [0.15, 0.2) is 103 Å². The Morgan fingerprint density at radius 3 is 2.64 bits per heavy atom. The number of anilines is 1. The second kappa shape index (κ2) is 9.50. The first-order chi connectivity index (χ1) is 16.3. The molecule has 3 heterocycles. The minimum atomic E-state index is -0.234. The van der Waals surface area contributed by atoms with Gasteiger partial charge in [-0.25, -0.2) is 4.68 Å². The zero-order valence-electron chi connectivity index (χ0n) is 17.6. The lowest BCUT2D eigenvalue weighted by atomic mass is 10.2. The van der Waals surface area contributed by atoms with Crippen LogP contribution in [0.4, 0.5) is 5.69 Å². The van der Waals surface area contributed by atoms with Crippen LogP contribution in [-0.2, 0) is 6.61 Å². The number of aromatic nitrogens is 3. The van der Waals surface area contributed by atoms with Crippen molar-refractivity contribution in [3.63, 3.8) is 0 Å². The van der Waals surface area contributed by atoms with Gasteiger partial charge in [-0.05, 0) is 47.8 Å². The lowest BCUT2D eigenvalue weighted by Crippen LogP contribution is -2.12. The van der Waals surface area contributed by atoms with Crippen molar-refractivity contribution in [3.05, 3.63) is 114 Å². The molecule has 0 fully saturated rings. The Kier molecular flexibility index (Phi) is 5.95. The Labute approximate surface area is 195 Å². The quantitative estimate of drug-likeness (QED) is 0.337. The number of carbonyl (C=O) groups excluding carboxylic acids is 1. The van der Waals surface area contributed by atoms with Gasteiger partial charge >= 0.3 is 0 Å². The molecule has 0 spiro atoms. The molecule has 2 aromatic carbocycles. The average molecular weight is 453 g/mol. The fraction of sp³-hybridized carbons (Fsp3) is 0.0385. The Balaban J connectivity index is 1.38. The maximum atomic E-state index is 13.3. The van der Waals surface area contributed by atoms with Crippen LogP contribution in [-0.4, -0.2) is 20.7 Å². The molecule has 0 aliphatic carbocycles. The molecule has 0 bridgehead atoms. The number of benzene rings is 2. The summed E-state index contributed by atoms with van der Waals surface area (Å²) in [6, 6.07) is 26.7. The van der Waals surface area contributed by atoms with E-state index in [1.165, 1.54) is 0 Å². The molecule has 7 heteroatoms. The molecule has 0 saturated carbocycles. The normalized spacial score (nSPS) is 10.7. The highest BCUT2D eigenvalue weighted by atomic mass is 32.1. The summed E-state index contributed by atoms with van der Waals surface area (Å²) in [7, 11) is 0. The van der Waals surface area contributed by atoms with E-state index in [9.17, 15) is 4.79 Å². The lowest BCUT2D eigenvalue weighted by molar-refractivity contribution is 0.102. The minimum Gasteiger partial charge on any atom is -0.487 e. The van der Waals surface area contributed by atoms with Crippen molar-refractivity contribution in [1.82, 2.24) is 14.8 Å². The maximum absolute atomic E-state index is 13.3. The van der Waals surface area contributed by atoms with Crippen LogP contribution >= 0.6 is 11.3 Å². The van der Waals surface area contributed by atoms with E-state index < -0.39 is 0 Å². The minimum absolute atomic E-state index is 0.234. The van der Waals surface area contributed by atoms with Crippen LogP contribution in [0.3, 0.4) is 0 Å². The van der Waals surface area contributed by atoms with Crippen molar-refractivity contribution >= 4 is 22.9 Å².